The minimum Gasteiger partial charge on any atom is -0.456 e. The van der Waals surface area contributed by atoms with Gasteiger partial charge in [-0.1, -0.05) is 34.8 Å². The van der Waals surface area contributed by atoms with Crippen LogP contribution < -0.4 is 0 Å². The average Bonchev–Trinajstić information content (AvgIpc) is 2.50. The first-order chi connectivity index (χ1) is 5.99. The lowest BCUT2D eigenvalue weighted by atomic mass is 10.5. The molecule has 0 atom stereocenters. The summed E-state index contributed by atoms with van der Waals surface area (Å²) in [5.41, 5.74) is 1.74. The van der Waals surface area contributed by atoms with E-state index in [1.807, 2.05) is 0 Å². The minimum absolute atomic E-state index is 0.222. The van der Waals surface area contributed by atoms with Crippen molar-refractivity contribution in [1.29, 1.82) is 0 Å². The lowest BCUT2D eigenvalue weighted by Gasteiger charge is -2.09. The summed E-state index contributed by atoms with van der Waals surface area (Å²) >= 11 is 17.4. The van der Waals surface area contributed by atoms with Crippen LogP contribution in [0.5, 0.6) is 0 Å². The van der Waals surface area contributed by atoms with Crippen LogP contribution >= 0.6 is 46.1 Å². The molecule has 3 nitrogen and oxygen atoms in total. The summed E-state index contributed by atoms with van der Waals surface area (Å²) in [6.07, 6.45) is 0. The zero-order chi connectivity index (χ0) is 9.90. The molecule has 0 unspecified atom stereocenters. The Hall–Kier alpha value is -0.0300. The molecule has 0 N–H and O–H groups in total. The van der Waals surface area contributed by atoms with Crippen LogP contribution in [0.3, 0.4) is 0 Å². The maximum Gasteiger partial charge on any atom is 0.357 e. The molecule has 1 rings (SSSR count). The van der Waals surface area contributed by atoms with E-state index in [2.05, 4.69) is 9.72 Å². The van der Waals surface area contributed by atoms with Gasteiger partial charge in [-0.05, 0) is 0 Å². The molecule has 72 valence electrons. The van der Waals surface area contributed by atoms with Crippen molar-refractivity contribution in [2.45, 2.75) is 3.79 Å². The highest BCUT2D eigenvalue weighted by Crippen LogP contribution is 2.26. The third-order valence-electron chi connectivity index (χ3n) is 1.01. The Bertz CT molecular complexity index is 283. The highest BCUT2D eigenvalue weighted by molar-refractivity contribution is 7.07. The predicted molar refractivity (Wildman–Crippen MR) is 52.7 cm³/mol. The number of hydrogen-bond donors (Lipinski definition) is 0. The largest absolute Gasteiger partial charge is 0.456 e. The molecule has 0 amide bonds. The van der Waals surface area contributed by atoms with Crippen LogP contribution in [0.4, 0.5) is 0 Å². The van der Waals surface area contributed by atoms with Crippen molar-refractivity contribution < 1.29 is 9.53 Å². The number of ether oxygens (including phenoxy) is 1. The molecule has 0 radical (unpaired) electrons. The molecule has 0 spiro atoms. The number of esters is 1. The fourth-order valence-electron chi connectivity index (χ4n) is 0.535. The first-order valence-corrected chi connectivity index (χ1v) is 5.19. The van der Waals surface area contributed by atoms with Gasteiger partial charge in [-0.2, -0.15) is 0 Å². The number of carbonyl (C=O) groups is 1. The SMILES string of the molecule is O=C(OCC(Cl)(Cl)Cl)c1cscn1. The molecular formula is C6H4Cl3NO2S. The van der Waals surface area contributed by atoms with Gasteiger partial charge >= 0.3 is 5.97 Å². The maximum atomic E-state index is 11.1. The first kappa shape index (κ1) is 11.0. The number of alkyl halides is 3. The van der Waals surface area contributed by atoms with Gasteiger partial charge in [-0.15, -0.1) is 11.3 Å². The minimum atomic E-state index is -1.58. The summed E-state index contributed by atoms with van der Waals surface area (Å²) in [5, 5.41) is 1.56. The Morgan fingerprint density at radius 2 is 2.31 bits per heavy atom. The van der Waals surface area contributed by atoms with Crippen LogP contribution in [0, 0.1) is 0 Å². The third kappa shape index (κ3) is 4.13. The van der Waals surface area contributed by atoms with Crippen molar-refractivity contribution in [1.82, 2.24) is 4.98 Å². The van der Waals surface area contributed by atoms with Gasteiger partial charge in [0.25, 0.3) is 0 Å². The molecule has 0 aliphatic heterocycles. The Labute approximate surface area is 93.6 Å². The summed E-state index contributed by atoms with van der Waals surface area (Å²) < 4.78 is 3.08. The predicted octanol–water partition coefficient (Wildman–Crippen LogP) is 2.67. The van der Waals surface area contributed by atoms with E-state index in [-0.39, 0.29) is 12.3 Å². The van der Waals surface area contributed by atoms with Crippen LogP contribution in [0.25, 0.3) is 0 Å². The molecule has 1 heterocycles. The van der Waals surface area contributed by atoms with Crippen LogP contribution in [0.1, 0.15) is 10.5 Å². The molecule has 0 aromatic carbocycles. The molecule has 13 heavy (non-hydrogen) atoms. The fraction of sp³-hybridized carbons (Fsp3) is 0.333. The Morgan fingerprint density at radius 1 is 1.62 bits per heavy atom. The molecule has 0 saturated heterocycles. The summed E-state index contributed by atoms with van der Waals surface area (Å²) in [6.45, 7) is -0.284. The number of hydrogen-bond acceptors (Lipinski definition) is 4. The van der Waals surface area contributed by atoms with Gasteiger partial charge in [-0.25, -0.2) is 9.78 Å². The Kier molecular flexibility index (Phi) is 3.79. The van der Waals surface area contributed by atoms with Gasteiger partial charge < -0.3 is 4.74 Å². The van der Waals surface area contributed by atoms with E-state index >= 15 is 0 Å². The molecule has 0 fully saturated rings. The number of aromatic nitrogens is 1. The molecule has 0 bridgehead atoms. The van der Waals surface area contributed by atoms with Gasteiger partial charge in [0.15, 0.2) is 5.69 Å². The van der Waals surface area contributed by atoms with E-state index in [1.165, 1.54) is 16.8 Å². The zero-order valence-corrected chi connectivity index (χ0v) is 9.25. The van der Waals surface area contributed by atoms with E-state index in [0.29, 0.717) is 0 Å². The van der Waals surface area contributed by atoms with Crippen molar-refractivity contribution in [3.05, 3.63) is 16.6 Å². The lowest BCUT2D eigenvalue weighted by molar-refractivity contribution is 0.0506. The van der Waals surface area contributed by atoms with Crippen molar-refractivity contribution in [3.8, 4) is 0 Å². The van der Waals surface area contributed by atoms with Gasteiger partial charge in [0.2, 0.25) is 3.79 Å². The number of halogens is 3. The molecule has 1 aromatic heterocycles. The summed E-state index contributed by atoms with van der Waals surface area (Å²) in [5.74, 6) is -0.590. The third-order valence-corrected chi connectivity index (χ3v) is 1.92. The van der Waals surface area contributed by atoms with Crippen molar-refractivity contribution >= 4 is 52.1 Å². The second-order valence-electron chi connectivity index (χ2n) is 2.06. The van der Waals surface area contributed by atoms with Gasteiger partial charge in [0.05, 0.1) is 5.51 Å². The summed E-state index contributed by atoms with van der Waals surface area (Å²) in [4.78, 5) is 14.8. The highest BCUT2D eigenvalue weighted by atomic mass is 35.6. The average molecular weight is 261 g/mol. The molecule has 0 aliphatic rings. The van der Waals surface area contributed by atoms with E-state index in [1.54, 1.807) is 5.38 Å². The van der Waals surface area contributed by atoms with Gasteiger partial charge in [-0.3, -0.25) is 0 Å². The summed E-state index contributed by atoms with van der Waals surface area (Å²) in [7, 11) is 0. The highest BCUT2D eigenvalue weighted by Gasteiger charge is 2.23. The normalized spacial score (nSPS) is 11.3. The molecule has 0 saturated carbocycles. The Morgan fingerprint density at radius 3 is 2.77 bits per heavy atom. The Balaban J connectivity index is 2.44. The topological polar surface area (TPSA) is 39.2 Å². The van der Waals surface area contributed by atoms with Gasteiger partial charge in [0, 0.05) is 5.38 Å². The second-order valence-corrected chi connectivity index (χ2v) is 5.30. The van der Waals surface area contributed by atoms with Crippen LogP contribution in [-0.2, 0) is 4.74 Å². The summed E-state index contributed by atoms with van der Waals surface area (Å²) in [6, 6.07) is 0. The first-order valence-electron chi connectivity index (χ1n) is 3.11. The van der Waals surface area contributed by atoms with Crippen molar-refractivity contribution in [2.24, 2.45) is 0 Å². The smallest absolute Gasteiger partial charge is 0.357 e. The monoisotopic (exact) mass is 259 g/mol. The van der Waals surface area contributed by atoms with E-state index < -0.39 is 9.76 Å². The standard InChI is InChI=1S/C6H4Cl3NO2S/c7-6(8,9)2-12-5(11)4-1-13-3-10-4/h1,3H,2H2. The molecule has 0 aliphatic carbocycles. The van der Waals surface area contributed by atoms with E-state index in [9.17, 15) is 4.79 Å². The number of thiazole rings is 1. The zero-order valence-electron chi connectivity index (χ0n) is 6.17. The second kappa shape index (κ2) is 4.46. The number of carbonyl (C=O) groups excluding carboxylic acids is 1. The van der Waals surface area contributed by atoms with E-state index in [4.69, 9.17) is 34.8 Å². The molecular weight excluding hydrogens is 256 g/mol. The van der Waals surface area contributed by atoms with Crippen molar-refractivity contribution in [2.75, 3.05) is 6.61 Å². The fourth-order valence-corrected chi connectivity index (χ4v) is 1.22. The maximum absolute atomic E-state index is 11.1. The van der Waals surface area contributed by atoms with Crippen LogP contribution in [0.15, 0.2) is 10.9 Å². The van der Waals surface area contributed by atoms with Crippen LogP contribution in [0.2, 0.25) is 0 Å². The molecule has 1 aromatic rings. The van der Waals surface area contributed by atoms with Gasteiger partial charge in [0.1, 0.15) is 6.61 Å². The van der Waals surface area contributed by atoms with E-state index in [0.717, 1.165) is 0 Å². The number of nitrogens with zero attached hydrogens (tertiary/aromatic N) is 1. The van der Waals surface area contributed by atoms with Crippen LogP contribution in [-0.4, -0.2) is 21.4 Å². The molecule has 7 heteroatoms. The number of rotatable bonds is 2. The van der Waals surface area contributed by atoms with Crippen molar-refractivity contribution in [3.63, 3.8) is 0 Å². The quantitative estimate of drug-likeness (QED) is 0.606. The lowest BCUT2D eigenvalue weighted by Crippen LogP contribution is -2.17.